The van der Waals surface area contributed by atoms with Crippen LogP contribution in [0, 0.1) is 6.92 Å². The van der Waals surface area contributed by atoms with E-state index in [1.807, 2.05) is 6.07 Å². The van der Waals surface area contributed by atoms with Crippen LogP contribution in [0.2, 0.25) is 0 Å². The van der Waals surface area contributed by atoms with Crippen molar-refractivity contribution in [1.29, 1.82) is 0 Å². The largest absolute Gasteiger partial charge is 0.351 e. The first-order valence-electron chi connectivity index (χ1n) is 8.80. The Morgan fingerprint density at radius 2 is 2.20 bits per heavy atom. The highest BCUT2D eigenvalue weighted by Gasteiger charge is 2.24. The van der Waals surface area contributed by atoms with E-state index in [1.54, 1.807) is 13.1 Å². The molecule has 4 rings (SSSR count). The molecule has 25 heavy (non-hydrogen) atoms. The van der Waals surface area contributed by atoms with Crippen molar-refractivity contribution in [3.63, 3.8) is 0 Å². The second-order valence-corrected chi connectivity index (χ2v) is 9.26. The summed E-state index contributed by atoms with van der Waals surface area (Å²) in [7, 11) is 0. The molecule has 2 saturated heterocycles. The molecule has 2 aromatic rings. The molecule has 0 saturated carbocycles. The summed E-state index contributed by atoms with van der Waals surface area (Å²) in [6.07, 6.45) is 5.31. The van der Waals surface area contributed by atoms with Crippen LogP contribution in [-0.2, 0) is 0 Å². The minimum absolute atomic E-state index is 0.0902. The Morgan fingerprint density at radius 1 is 1.36 bits per heavy atom. The van der Waals surface area contributed by atoms with Crippen molar-refractivity contribution in [1.82, 2.24) is 19.3 Å². The number of aryl methyl sites for hydroxylation is 1. The van der Waals surface area contributed by atoms with Crippen LogP contribution >= 0.6 is 23.7 Å². The van der Waals surface area contributed by atoms with Crippen LogP contribution < -0.4 is 10.9 Å². The van der Waals surface area contributed by atoms with Crippen molar-refractivity contribution in [2.45, 2.75) is 37.5 Å². The van der Waals surface area contributed by atoms with E-state index in [9.17, 15) is 4.79 Å². The Bertz CT molecular complexity index is 797. The van der Waals surface area contributed by atoms with E-state index >= 15 is 0 Å². The van der Waals surface area contributed by atoms with Gasteiger partial charge < -0.3 is 10.3 Å². The molecule has 0 aromatic carbocycles. The second-order valence-electron chi connectivity index (χ2n) is 6.72. The Hall–Kier alpha value is -1.25. The molecule has 2 aliphatic heterocycles. The third-order valence-corrected chi connectivity index (χ3v) is 7.49. The number of H-pyrrole nitrogens is 1. The van der Waals surface area contributed by atoms with E-state index in [2.05, 4.69) is 48.3 Å². The van der Waals surface area contributed by atoms with Crippen LogP contribution in [0.25, 0.3) is 11.0 Å². The molecular weight excluding hydrogens is 354 g/mol. The van der Waals surface area contributed by atoms with Gasteiger partial charge in [-0.1, -0.05) is 11.9 Å². The van der Waals surface area contributed by atoms with Gasteiger partial charge in [-0.05, 0) is 38.0 Å². The van der Waals surface area contributed by atoms with Gasteiger partial charge in [-0.2, -0.15) is 16.7 Å². The van der Waals surface area contributed by atoms with Gasteiger partial charge in [-0.25, -0.2) is 4.98 Å². The fourth-order valence-corrected chi connectivity index (χ4v) is 6.06. The molecule has 6 nitrogen and oxygen atoms in total. The predicted molar refractivity (Wildman–Crippen MR) is 106 cm³/mol. The van der Waals surface area contributed by atoms with Crippen LogP contribution in [-0.4, -0.2) is 55.1 Å². The van der Waals surface area contributed by atoms with Crippen molar-refractivity contribution in [2.75, 3.05) is 29.9 Å². The summed E-state index contributed by atoms with van der Waals surface area (Å²) in [5.41, 5.74) is 1.19. The molecule has 2 fully saturated rings. The number of hydrogen-bond donors (Lipinski definition) is 2. The molecule has 2 N–H and O–H groups in total. The topological polar surface area (TPSA) is 73.9 Å². The van der Waals surface area contributed by atoms with Gasteiger partial charge in [-0.15, -0.1) is 0 Å². The number of anilines is 1. The van der Waals surface area contributed by atoms with E-state index < -0.39 is 0 Å². The SMILES string of the molecule is Cc1cc2cnc(NC3CCN(SC4CCSC4)CC3)nc2[nH]c1=O. The highest BCUT2D eigenvalue weighted by atomic mass is 32.2. The van der Waals surface area contributed by atoms with Gasteiger partial charge >= 0.3 is 0 Å². The number of piperidine rings is 1. The van der Waals surface area contributed by atoms with E-state index in [1.165, 1.54) is 17.9 Å². The van der Waals surface area contributed by atoms with Gasteiger partial charge in [0.05, 0.1) is 0 Å². The number of hydrogen-bond acceptors (Lipinski definition) is 7. The molecule has 1 unspecified atom stereocenters. The maximum absolute atomic E-state index is 11.8. The smallest absolute Gasteiger partial charge is 0.252 e. The van der Waals surface area contributed by atoms with Crippen LogP contribution in [0.5, 0.6) is 0 Å². The number of thioether (sulfide) groups is 1. The Balaban J connectivity index is 1.35. The number of aromatic nitrogens is 3. The van der Waals surface area contributed by atoms with Crippen molar-refractivity contribution in [2.24, 2.45) is 0 Å². The molecule has 0 aliphatic carbocycles. The summed E-state index contributed by atoms with van der Waals surface area (Å²) in [6, 6.07) is 2.22. The molecule has 4 heterocycles. The maximum Gasteiger partial charge on any atom is 0.252 e. The van der Waals surface area contributed by atoms with Crippen LogP contribution in [0.1, 0.15) is 24.8 Å². The number of pyridine rings is 1. The molecule has 0 amide bonds. The Kier molecular flexibility index (Phi) is 5.19. The van der Waals surface area contributed by atoms with Crippen molar-refractivity contribution >= 4 is 40.7 Å². The summed E-state index contributed by atoms with van der Waals surface area (Å²) < 4.78 is 2.52. The van der Waals surface area contributed by atoms with Crippen molar-refractivity contribution in [3.8, 4) is 0 Å². The van der Waals surface area contributed by atoms with Crippen molar-refractivity contribution < 1.29 is 0 Å². The maximum atomic E-state index is 11.8. The molecule has 2 aromatic heterocycles. The van der Waals surface area contributed by atoms with E-state index in [0.29, 0.717) is 23.2 Å². The summed E-state index contributed by atoms with van der Waals surface area (Å²) >= 11 is 4.13. The number of aromatic amines is 1. The van der Waals surface area contributed by atoms with Gasteiger partial charge in [-0.3, -0.25) is 9.10 Å². The lowest BCUT2D eigenvalue weighted by Crippen LogP contribution is -2.37. The fourth-order valence-electron chi connectivity index (χ4n) is 3.27. The Labute approximate surface area is 155 Å². The highest BCUT2D eigenvalue weighted by molar-refractivity contribution is 8.03. The van der Waals surface area contributed by atoms with Gasteiger partial charge in [0, 0.05) is 47.3 Å². The van der Waals surface area contributed by atoms with E-state index in [-0.39, 0.29) is 5.56 Å². The van der Waals surface area contributed by atoms with Crippen LogP contribution in [0.15, 0.2) is 17.1 Å². The first kappa shape index (κ1) is 17.2. The quantitative estimate of drug-likeness (QED) is 0.794. The third kappa shape index (κ3) is 4.12. The monoisotopic (exact) mass is 377 g/mol. The van der Waals surface area contributed by atoms with Crippen LogP contribution in [0.3, 0.4) is 0 Å². The minimum atomic E-state index is -0.0902. The predicted octanol–water partition coefficient (Wildman–Crippen LogP) is 2.66. The molecule has 0 radical (unpaired) electrons. The molecule has 8 heteroatoms. The number of nitrogens with one attached hydrogen (secondary N) is 2. The molecular formula is C17H23N5OS2. The second kappa shape index (κ2) is 7.55. The first-order valence-corrected chi connectivity index (χ1v) is 10.8. The zero-order valence-corrected chi connectivity index (χ0v) is 16.0. The van der Waals surface area contributed by atoms with Gasteiger partial charge in [0.25, 0.3) is 5.56 Å². The van der Waals surface area contributed by atoms with Crippen LogP contribution in [0.4, 0.5) is 5.95 Å². The number of nitrogens with zero attached hydrogens (tertiary/aromatic N) is 3. The third-order valence-electron chi connectivity index (χ3n) is 4.75. The standard InChI is InChI=1S/C17H23N5OS2/c1-11-8-12-9-18-17(21-15(12)20-16(11)23)19-13-2-5-22(6-3-13)25-14-4-7-24-10-14/h8-9,13-14H,2-7,10H2,1H3,(H2,18,19,20,21,23). The van der Waals surface area contributed by atoms with Gasteiger partial charge in [0.2, 0.25) is 5.95 Å². The zero-order chi connectivity index (χ0) is 17.2. The zero-order valence-electron chi connectivity index (χ0n) is 14.3. The lowest BCUT2D eigenvalue weighted by atomic mass is 10.1. The summed E-state index contributed by atoms with van der Waals surface area (Å²) in [5, 5.41) is 5.11. The lowest BCUT2D eigenvalue weighted by Gasteiger charge is -2.32. The van der Waals surface area contributed by atoms with Crippen molar-refractivity contribution in [3.05, 3.63) is 28.2 Å². The normalized spacial score (nSPS) is 22.5. The molecule has 2 aliphatic rings. The lowest BCUT2D eigenvalue weighted by molar-refractivity contribution is 0.356. The summed E-state index contributed by atoms with van der Waals surface area (Å²) in [6.45, 7) is 4.00. The Morgan fingerprint density at radius 3 is 2.96 bits per heavy atom. The molecule has 0 bridgehead atoms. The number of rotatable bonds is 4. The first-order chi connectivity index (χ1) is 12.2. The van der Waals surface area contributed by atoms with Gasteiger partial charge in [0.1, 0.15) is 5.65 Å². The fraction of sp³-hybridized carbons (Fsp3) is 0.588. The average molecular weight is 378 g/mol. The summed E-state index contributed by atoms with van der Waals surface area (Å²) in [5.74, 6) is 3.22. The number of fused-ring (bicyclic) bond motifs is 1. The average Bonchev–Trinajstić information content (AvgIpc) is 3.11. The molecule has 1 atom stereocenters. The van der Waals surface area contributed by atoms with Gasteiger partial charge in [0.15, 0.2) is 0 Å². The highest BCUT2D eigenvalue weighted by Crippen LogP contribution is 2.32. The molecule has 0 spiro atoms. The van der Waals surface area contributed by atoms with E-state index in [0.717, 1.165) is 36.6 Å². The molecule has 134 valence electrons. The summed E-state index contributed by atoms with van der Waals surface area (Å²) in [4.78, 5) is 23.5. The minimum Gasteiger partial charge on any atom is -0.351 e. The van der Waals surface area contributed by atoms with E-state index in [4.69, 9.17) is 0 Å².